The standard InChI is InChI=1S/C9H12ClN3O.ClH/c1-11-6-9(14)13-5-8-3-2-7(10)4-12-8;/h2-4,11H,5-6H2,1H3,(H,13,14);1H. The molecule has 4 nitrogen and oxygen atoms in total. The first-order valence-corrected chi connectivity index (χ1v) is 4.62. The number of rotatable bonds is 4. The van der Waals surface area contributed by atoms with Crippen molar-refractivity contribution in [1.82, 2.24) is 15.6 Å². The highest BCUT2D eigenvalue weighted by molar-refractivity contribution is 6.30. The second-order valence-corrected chi connectivity index (χ2v) is 3.21. The minimum absolute atomic E-state index is 0. The largest absolute Gasteiger partial charge is 0.349 e. The monoisotopic (exact) mass is 249 g/mol. The lowest BCUT2D eigenvalue weighted by Gasteiger charge is -2.03. The summed E-state index contributed by atoms with van der Waals surface area (Å²) >= 11 is 5.66. The van der Waals surface area contributed by atoms with Crippen molar-refractivity contribution in [2.45, 2.75) is 6.54 Å². The maximum atomic E-state index is 11.1. The minimum Gasteiger partial charge on any atom is -0.349 e. The lowest BCUT2D eigenvalue weighted by Crippen LogP contribution is -2.31. The van der Waals surface area contributed by atoms with Gasteiger partial charge in [0.1, 0.15) is 0 Å². The van der Waals surface area contributed by atoms with Crippen LogP contribution in [-0.4, -0.2) is 24.5 Å². The zero-order valence-electron chi connectivity index (χ0n) is 8.29. The van der Waals surface area contributed by atoms with Gasteiger partial charge in [0.15, 0.2) is 0 Å². The summed E-state index contributed by atoms with van der Waals surface area (Å²) in [6.45, 7) is 0.741. The fourth-order valence-electron chi connectivity index (χ4n) is 0.923. The topological polar surface area (TPSA) is 54.0 Å². The molecule has 6 heteroatoms. The number of hydrogen-bond acceptors (Lipinski definition) is 3. The molecule has 1 aromatic heterocycles. The summed E-state index contributed by atoms with van der Waals surface area (Å²) in [6, 6.07) is 3.52. The van der Waals surface area contributed by atoms with Crippen LogP contribution in [0.3, 0.4) is 0 Å². The number of hydrogen-bond donors (Lipinski definition) is 2. The zero-order valence-corrected chi connectivity index (χ0v) is 9.86. The number of pyridine rings is 1. The normalized spacial score (nSPS) is 9.20. The number of nitrogens with zero attached hydrogens (tertiary/aromatic N) is 1. The van der Waals surface area contributed by atoms with Crippen molar-refractivity contribution in [2.24, 2.45) is 0 Å². The molecule has 2 N–H and O–H groups in total. The second-order valence-electron chi connectivity index (χ2n) is 2.77. The van der Waals surface area contributed by atoms with Crippen LogP contribution < -0.4 is 10.6 Å². The Kier molecular flexibility index (Phi) is 7.03. The average molecular weight is 250 g/mol. The van der Waals surface area contributed by atoms with Crippen molar-refractivity contribution in [1.29, 1.82) is 0 Å². The molecule has 84 valence electrons. The van der Waals surface area contributed by atoms with Crippen LogP contribution in [0.2, 0.25) is 5.02 Å². The average Bonchev–Trinajstić information content (AvgIpc) is 2.17. The zero-order chi connectivity index (χ0) is 10.4. The van der Waals surface area contributed by atoms with Gasteiger partial charge in [-0.15, -0.1) is 12.4 Å². The van der Waals surface area contributed by atoms with E-state index in [0.29, 0.717) is 18.1 Å². The Hall–Kier alpha value is -0.840. The van der Waals surface area contributed by atoms with Gasteiger partial charge < -0.3 is 10.6 Å². The summed E-state index contributed by atoms with van der Waals surface area (Å²) in [5.74, 6) is -0.0516. The molecule has 0 aromatic carbocycles. The van der Waals surface area contributed by atoms with E-state index in [2.05, 4.69) is 15.6 Å². The van der Waals surface area contributed by atoms with Crippen LogP contribution >= 0.6 is 24.0 Å². The molecule has 0 saturated carbocycles. The Bertz CT molecular complexity index is 303. The van der Waals surface area contributed by atoms with E-state index in [-0.39, 0.29) is 18.3 Å². The fourth-order valence-corrected chi connectivity index (χ4v) is 1.04. The molecule has 0 atom stereocenters. The molecule has 0 radical (unpaired) electrons. The molecule has 0 aliphatic carbocycles. The Morgan fingerprint density at radius 1 is 1.53 bits per heavy atom. The fraction of sp³-hybridized carbons (Fsp3) is 0.333. The summed E-state index contributed by atoms with van der Waals surface area (Å²) in [4.78, 5) is 15.1. The first-order chi connectivity index (χ1) is 6.72. The van der Waals surface area contributed by atoms with Gasteiger partial charge in [-0.3, -0.25) is 9.78 Å². The quantitative estimate of drug-likeness (QED) is 0.837. The molecule has 0 aliphatic heterocycles. The van der Waals surface area contributed by atoms with E-state index in [0.717, 1.165) is 5.69 Å². The molecule has 0 spiro atoms. The lowest BCUT2D eigenvalue weighted by molar-refractivity contribution is -0.120. The Morgan fingerprint density at radius 3 is 2.80 bits per heavy atom. The second kappa shape index (κ2) is 7.45. The van der Waals surface area contributed by atoms with Gasteiger partial charge in [-0.05, 0) is 19.2 Å². The van der Waals surface area contributed by atoms with Gasteiger partial charge in [0, 0.05) is 6.20 Å². The third-order valence-electron chi connectivity index (χ3n) is 1.59. The summed E-state index contributed by atoms with van der Waals surface area (Å²) in [5.41, 5.74) is 0.791. The summed E-state index contributed by atoms with van der Waals surface area (Å²) < 4.78 is 0. The van der Waals surface area contributed by atoms with Crippen molar-refractivity contribution < 1.29 is 4.79 Å². The maximum absolute atomic E-state index is 11.1. The third-order valence-corrected chi connectivity index (χ3v) is 1.82. The number of nitrogens with one attached hydrogen (secondary N) is 2. The van der Waals surface area contributed by atoms with E-state index in [4.69, 9.17) is 11.6 Å². The summed E-state index contributed by atoms with van der Waals surface area (Å²) in [5, 5.41) is 6.06. The van der Waals surface area contributed by atoms with E-state index in [1.807, 2.05) is 0 Å². The van der Waals surface area contributed by atoms with Crippen LogP contribution in [0.5, 0.6) is 0 Å². The number of halogens is 2. The number of aromatic nitrogens is 1. The minimum atomic E-state index is -0.0516. The summed E-state index contributed by atoms with van der Waals surface area (Å²) in [7, 11) is 1.72. The molecule has 1 amide bonds. The third kappa shape index (κ3) is 5.57. The van der Waals surface area contributed by atoms with Gasteiger partial charge in [0.25, 0.3) is 0 Å². The van der Waals surface area contributed by atoms with Crippen molar-refractivity contribution in [3.63, 3.8) is 0 Å². The van der Waals surface area contributed by atoms with Crippen molar-refractivity contribution in [2.75, 3.05) is 13.6 Å². The van der Waals surface area contributed by atoms with Gasteiger partial charge in [0.2, 0.25) is 5.91 Å². The van der Waals surface area contributed by atoms with E-state index in [9.17, 15) is 4.79 Å². The molecule has 1 rings (SSSR count). The van der Waals surface area contributed by atoms with Crippen LogP contribution in [0.15, 0.2) is 18.3 Å². The van der Waals surface area contributed by atoms with Crippen LogP contribution in [0.1, 0.15) is 5.69 Å². The SMILES string of the molecule is CNCC(=O)NCc1ccc(Cl)cn1.Cl. The van der Waals surface area contributed by atoms with Crippen LogP contribution in [-0.2, 0) is 11.3 Å². The predicted molar refractivity (Wildman–Crippen MR) is 62.3 cm³/mol. The van der Waals surface area contributed by atoms with Gasteiger partial charge in [0.05, 0.1) is 23.8 Å². The molecule has 0 unspecified atom stereocenters. The van der Waals surface area contributed by atoms with Crippen LogP contribution in [0.25, 0.3) is 0 Å². The van der Waals surface area contributed by atoms with Gasteiger partial charge in [-0.25, -0.2) is 0 Å². The van der Waals surface area contributed by atoms with Crippen molar-refractivity contribution in [3.05, 3.63) is 29.0 Å². The van der Waals surface area contributed by atoms with E-state index in [1.165, 1.54) is 0 Å². The predicted octanol–water partition coefficient (Wildman–Crippen LogP) is 0.992. The number of carbonyl (C=O) groups is 1. The van der Waals surface area contributed by atoms with Crippen molar-refractivity contribution in [3.8, 4) is 0 Å². The Balaban J connectivity index is 0.00000196. The molecule has 1 aromatic rings. The molecule has 1 heterocycles. The molecule has 0 saturated heterocycles. The highest BCUT2D eigenvalue weighted by Gasteiger charge is 1.99. The summed E-state index contributed by atoms with van der Waals surface area (Å²) in [6.07, 6.45) is 1.56. The molecule has 0 fully saturated rings. The van der Waals surface area contributed by atoms with Crippen LogP contribution in [0, 0.1) is 0 Å². The molecular formula is C9H13Cl2N3O. The molecule has 0 aliphatic rings. The Morgan fingerprint density at radius 2 is 2.27 bits per heavy atom. The Labute approximate surface area is 99.8 Å². The van der Waals surface area contributed by atoms with Gasteiger partial charge in [-0.2, -0.15) is 0 Å². The van der Waals surface area contributed by atoms with E-state index < -0.39 is 0 Å². The molecular weight excluding hydrogens is 237 g/mol. The smallest absolute Gasteiger partial charge is 0.234 e. The van der Waals surface area contributed by atoms with E-state index >= 15 is 0 Å². The maximum Gasteiger partial charge on any atom is 0.234 e. The number of amides is 1. The number of carbonyl (C=O) groups excluding carboxylic acids is 1. The first kappa shape index (κ1) is 14.2. The highest BCUT2D eigenvalue weighted by Crippen LogP contribution is 2.05. The first-order valence-electron chi connectivity index (χ1n) is 4.24. The van der Waals surface area contributed by atoms with Crippen LogP contribution in [0.4, 0.5) is 0 Å². The molecule has 15 heavy (non-hydrogen) atoms. The molecule has 0 bridgehead atoms. The van der Waals surface area contributed by atoms with E-state index in [1.54, 1.807) is 25.4 Å². The number of likely N-dealkylation sites (N-methyl/N-ethyl adjacent to an activating group) is 1. The van der Waals surface area contributed by atoms with Gasteiger partial charge >= 0.3 is 0 Å². The lowest BCUT2D eigenvalue weighted by atomic mass is 10.3. The van der Waals surface area contributed by atoms with Gasteiger partial charge in [-0.1, -0.05) is 11.6 Å². The highest BCUT2D eigenvalue weighted by atomic mass is 35.5. The van der Waals surface area contributed by atoms with Crippen molar-refractivity contribution >= 4 is 29.9 Å².